The highest BCUT2D eigenvalue weighted by Crippen LogP contribution is 2.29. The number of halogens is 4. The predicted molar refractivity (Wildman–Crippen MR) is 76.4 cm³/mol. The van der Waals surface area contributed by atoms with Crippen LogP contribution < -0.4 is 5.32 Å². The summed E-state index contributed by atoms with van der Waals surface area (Å²) in [5, 5.41) is 16.6. The standard InChI is InChI=1S/C13H14ClF3N4O/c1-2-12(22)19-10-5-11(14)18-6-8(10)9-3-4-21(20-9)7-13(15,16)17/h3-6,12,22H,2,7H2,1H3,(H,18,19). The van der Waals surface area contributed by atoms with Gasteiger partial charge in [0, 0.05) is 18.0 Å². The number of aliphatic hydroxyl groups is 1. The van der Waals surface area contributed by atoms with Crippen molar-refractivity contribution in [3.8, 4) is 11.3 Å². The zero-order valence-corrected chi connectivity index (χ0v) is 12.4. The molecule has 0 aliphatic carbocycles. The molecule has 0 amide bonds. The highest BCUT2D eigenvalue weighted by molar-refractivity contribution is 6.29. The molecule has 0 radical (unpaired) electrons. The summed E-state index contributed by atoms with van der Waals surface area (Å²) in [7, 11) is 0. The molecule has 1 atom stereocenters. The van der Waals surface area contributed by atoms with Crippen LogP contribution in [0.5, 0.6) is 0 Å². The van der Waals surface area contributed by atoms with Gasteiger partial charge in [-0.15, -0.1) is 0 Å². The van der Waals surface area contributed by atoms with E-state index in [4.69, 9.17) is 11.6 Å². The van der Waals surface area contributed by atoms with Crippen LogP contribution in [-0.4, -0.2) is 32.3 Å². The number of pyridine rings is 1. The lowest BCUT2D eigenvalue weighted by atomic mass is 10.1. The molecule has 0 saturated heterocycles. The van der Waals surface area contributed by atoms with Crippen LogP contribution in [0.1, 0.15) is 13.3 Å². The summed E-state index contributed by atoms with van der Waals surface area (Å²) in [4.78, 5) is 3.91. The maximum Gasteiger partial charge on any atom is 0.408 e. The molecule has 0 bridgehead atoms. The summed E-state index contributed by atoms with van der Waals surface area (Å²) in [6.07, 6.45) is -2.08. The van der Waals surface area contributed by atoms with Gasteiger partial charge in [0.1, 0.15) is 17.9 Å². The average molecular weight is 335 g/mol. The van der Waals surface area contributed by atoms with Crippen molar-refractivity contribution in [1.29, 1.82) is 0 Å². The number of alkyl halides is 3. The maximum atomic E-state index is 12.4. The molecule has 2 aromatic rings. The molecular weight excluding hydrogens is 321 g/mol. The van der Waals surface area contributed by atoms with Crippen LogP contribution >= 0.6 is 11.6 Å². The number of nitrogens with zero attached hydrogens (tertiary/aromatic N) is 3. The number of anilines is 1. The molecule has 22 heavy (non-hydrogen) atoms. The van der Waals surface area contributed by atoms with Crippen LogP contribution in [-0.2, 0) is 6.54 Å². The van der Waals surface area contributed by atoms with E-state index in [2.05, 4.69) is 15.4 Å². The Morgan fingerprint density at radius 2 is 2.18 bits per heavy atom. The molecule has 2 aromatic heterocycles. The van der Waals surface area contributed by atoms with E-state index in [-0.39, 0.29) is 5.15 Å². The first-order valence-electron chi connectivity index (χ1n) is 6.49. The van der Waals surface area contributed by atoms with Gasteiger partial charge in [0.15, 0.2) is 0 Å². The molecule has 2 heterocycles. The van der Waals surface area contributed by atoms with Gasteiger partial charge < -0.3 is 10.4 Å². The third-order valence-corrected chi connectivity index (χ3v) is 3.04. The minimum absolute atomic E-state index is 0.198. The zero-order chi connectivity index (χ0) is 16.3. The zero-order valence-electron chi connectivity index (χ0n) is 11.6. The Morgan fingerprint density at radius 1 is 1.45 bits per heavy atom. The van der Waals surface area contributed by atoms with E-state index in [1.165, 1.54) is 24.5 Å². The molecule has 0 spiro atoms. The Morgan fingerprint density at radius 3 is 2.82 bits per heavy atom. The van der Waals surface area contributed by atoms with Crippen LogP contribution in [0.15, 0.2) is 24.5 Å². The van der Waals surface area contributed by atoms with Crippen LogP contribution in [0.25, 0.3) is 11.3 Å². The number of hydrogen-bond acceptors (Lipinski definition) is 4. The van der Waals surface area contributed by atoms with Crippen LogP contribution in [0.2, 0.25) is 5.15 Å². The van der Waals surface area contributed by atoms with Crippen molar-refractivity contribution in [2.45, 2.75) is 32.3 Å². The number of aliphatic hydroxyl groups excluding tert-OH is 1. The third kappa shape index (κ3) is 4.35. The number of rotatable bonds is 5. The molecule has 0 aliphatic rings. The summed E-state index contributed by atoms with van der Waals surface area (Å²) >= 11 is 5.82. The second kappa shape index (κ2) is 6.53. The highest BCUT2D eigenvalue weighted by Gasteiger charge is 2.28. The van der Waals surface area contributed by atoms with Gasteiger partial charge >= 0.3 is 6.18 Å². The van der Waals surface area contributed by atoms with Gasteiger partial charge in [-0.2, -0.15) is 18.3 Å². The van der Waals surface area contributed by atoms with Crippen LogP contribution in [0.4, 0.5) is 18.9 Å². The Balaban J connectivity index is 2.32. The molecule has 0 aromatic carbocycles. The SMILES string of the molecule is CCC(O)Nc1cc(Cl)ncc1-c1ccn(CC(F)(F)F)n1. The van der Waals surface area contributed by atoms with E-state index in [0.717, 1.165) is 4.68 Å². The lowest BCUT2D eigenvalue weighted by Crippen LogP contribution is -2.18. The van der Waals surface area contributed by atoms with Gasteiger partial charge in [-0.25, -0.2) is 4.98 Å². The minimum atomic E-state index is -4.35. The number of nitrogens with one attached hydrogen (secondary N) is 1. The smallest absolute Gasteiger partial charge is 0.374 e. The fraction of sp³-hybridized carbons (Fsp3) is 0.385. The Kier molecular flexibility index (Phi) is 4.92. The molecule has 0 saturated carbocycles. The summed E-state index contributed by atoms with van der Waals surface area (Å²) in [6, 6.07) is 2.93. The molecule has 0 aliphatic heterocycles. The molecule has 5 nitrogen and oxygen atoms in total. The van der Waals surface area contributed by atoms with Crippen LogP contribution in [0, 0.1) is 0 Å². The average Bonchev–Trinajstić information content (AvgIpc) is 2.84. The van der Waals surface area contributed by atoms with Gasteiger partial charge in [0.25, 0.3) is 0 Å². The summed E-state index contributed by atoms with van der Waals surface area (Å²) in [6.45, 7) is 0.604. The second-order valence-electron chi connectivity index (χ2n) is 4.63. The first-order valence-corrected chi connectivity index (χ1v) is 6.87. The van der Waals surface area contributed by atoms with Gasteiger partial charge in [-0.05, 0) is 18.6 Å². The molecule has 120 valence electrons. The first-order chi connectivity index (χ1) is 10.3. The van der Waals surface area contributed by atoms with E-state index in [9.17, 15) is 18.3 Å². The monoisotopic (exact) mass is 334 g/mol. The normalized spacial score (nSPS) is 13.2. The fourth-order valence-electron chi connectivity index (χ4n) is 1.81. The third-order valence-electron chi connectivity index (χ3n) is 2.84. The van der Waals surface area contributed by atoms with Crippen molar-refractivity contribution in [2.75, 3.05) is 5.32 Å². The van der Waals surface area contributed by atoms with Gasteiger partial charge in [-0.3, -0.25) is 4.68 Å². The van der Waals surface area contributed by atoms with Gasteiger partial charge in [0.2, 0.25) is 0 Å². The molecule has 2 rings (SSSR count). The summed E-state index contributed by atoms with van der Waals surface area (Å²) < 4.78 is 37.9. The van der Waals surface area contributed by atoms with E-state index in [0.29, 0.717) is 23.4 Å². The van der Waals surface area contributed by atoms with Crippen molar-refractivity contribution in [3.63, 3.8) is 0 Å². The lowest BCUT2D eigenvalue weighted by Gasteiger charge is -2.15. The molecule has 9 heteroatoms. The van der Waals surface area contributed by atoms with Crippen molar-refractivity contribution < 1.29 is 18.3 Å². The second-order valence-corrected chi connectivity index (χ2v) is 5.02. The van der Waals surface area contributed by atoms with Crippen molar-refractivity contribution >= 4 is 17.3 Å². The van der Waals surface area contributed by atoms with Crippen molar-refractivity contribution in [3.05, 3.63) is 29.7 Å². The number of hydrogen-bond donors (Lipinski definition) is 2. The molecular formula is C13H14ClF3N4O. The van der Waals surface area contributed by atoms with Crippen LogP contribution in [0.3, 0.4) is 0 Å². The Hall–Kier alpha value is -1.80. The number of aromatic nitrogens is 3. The Bertz CT molecular complexity index is 644. The van der Waals surface area contributed by atoms with Crippen molar-refractivity contribution in [1.82, 2.24) is 14.8 Å². The summed E-state index contributed by atoms with van der Waals surface area (Å²) in [5.41, 5.74) is 1.21. The van der Waals surface area contributed by atoms with E-state index >= 15 is 0 Å². The minimum Gasteiger partial charge on any atom is -0.374 e. The molecule has 2 N–H and O–H groups in total. The molecule has 1 unspecified atom stereocenters. The predicted octanol–water partition coefficient (Wildman–Crippen LogP) is 3.30. The topological polar surface area (TPSA) is 63.0 Å². The fourth-order valence-corrected chi connectivity index (χ4v) is 1.97. The van der Waals surface area contributed by atoms with Crippen molar-refractivity contribution in [2.24, 2.45) is 0 Å². The van der Waals surface area contributed by atoms with E-state index < -0.39 is 18.9 Å². The van der Waals surface area contributed by atoms with E-state index in [1.807, 2.05) is 0 Å². The lowest BCUT2D eigenvalue weighted by molar-refractivity contribution is -0.142. The maximum absolute atomic E-state index is 12.4. The molecule has 0 fully saturated rings. The Labute approximate surface area is 129 Å². The van der Waals surface area contributed by atoms with E-state index in [1.54, 1.807) is 6.92 Å². The van der Waals surface area contributed by atoms with Gasteiger partial charge in [-0.1, -0.05) is 18.5 Å². The first kappa shape index (κ1) is 16.6. The largest absolute Gasteiger partial charge is 0.408 e. The van der Waals surface area contributed by atoms with Gasteiger partial charge in [0.05, 0.1) is 11.4 Å². The quantitative estimate of drug-likeness (QED) is 0.650. The highest BCUT2D eigenvalue weighted by atomic mass is 35.5. The summed E-state index contributed by atoms with van der Waals surface area (Å²) in [5.74, 6) is 0.